The molecule has 0 saturated carbocycles. The van der Waals surface area contributed by atoms with Crippen molar-refractivity contribution < 1.29 is 9.53 Å². The van der Waals surface area contributed by atoms with Crippen LogP contribution in [0.5, 0.6) is 0 Å². The number of allylic oxidation sites excluding steroid dienone is 1. The van der Waals surface area contributed by atoms with Crippen molar-refractivity contribution >= 4 is 23.5 Å². The van der Waals surface area contributed by atoms with Crippen LogP contribution in [0.3, 0.4) is 0 Å². The molecule has 0 aromatic heterocycles. The standard InChI is InChI=1S/C26H29O2P/c1-5-28-26(27)19-20(2)29(25-17-7-6-8-18-25,21(3)23-13-9-10-14-23)22(4)24-15-11-12-16-24/h6-19,21H,5H2,1-4H3/q-2/b20-19-/t21-,29+/m1/s1. The second kappa shape index (κ2) is 9.29. The van der Waals surface area contributed by atoms with Crippen molar-refractivity contribution in [2.75, 3.05) is 6.61 Å². The number of ether oxygens (including phenoxy) is 1. The summed E-state index contributed by atoms with van der Waals surface area (Å²) < 4.78 is 5.28. The number of hydrogen-bond acceptors (Lipinski definition) is 2. The zero-order valence-electron chi connectivity index (χ0n) is 17.6. The average Bonchev–Trinajstić information content (AvgIpc) is 3.43. The van der Waals surface area contributed by atoms with Crippen LogP contribution < -0.4 is 5.30 Å². The average molecular weight is 404 g/mol. The second-order valence-electron chi connectivity index (χ2n) is 7.25. The van der Waals surface area contributed by atoms with Crippen molar-refractivity contribution in [3.63, 3.8) is 0 Å². The topological polar surface area (TPSA) is 26.3 Å². The Bertz CT molecular complexity index is 1010. The fraction of sp³-hybridized carbons (Fsp3) is 0.231. The maximum atomic E-state index is 12.5. The smallest absolute Gasteiger partial charge is 0.331 e. The van der Waals surface area contributed by atoms with Crippen LogP contribution in [0.1, 0.15) is 44.5 Å². The highest BCUT2D eigenvalue weighted by Gasteiger charge is 2.30. The van der Waals surface area contributed by atoms with Gasteiger partial charge in [-0.25, -0.2) is 16.9 Å². The van der Waals surface area contributed by atoms with Crippen LogP contribution in [-0.4, -0.2) is 17.9 Å². The number of benzene rings is 1. The highest BCUT2D eigenvalue weighted by atomic mass is 31.2. The van der Waals surface area contributed by atoms with Gasteiger partial charge in [-0.05, 0) is 30.1 Å². The SMILES string of the molecule is CCOC(=O)/C=C(/C)[P@](=C(C)c1ccc[cH-]1)(c1ccccc1)[C@H](C)c1ccc[cH-]1. The summed E-state index contributed by atoms with van der Waals surface area (Å²) in [5.74, 6) is -0.268. The number of carbonyl (C=O) groups excluding carboxylic acids is 1. The summed E-state index contributed by atoms with van der Waals surface area (Å²) in [6.45, 7) is 6.75. The Morgan fingerprint density at radius 1 is 1.03 bits per heavy atom. The van der Waals surface area contributed by atoms with Crippen LogP contribution in [0.4, 0.5) is 0 Å². The third-order valence-electron chi connectivity index (χ3n) is 5.69. The molecule has 2 nitrogen and oxygen atoms in total. The first-order valence-corrected chi connectivity index (χ1v) is 11.9. The lowest BCUT2D eigenvalue weighted by Crippen LogP contribution is -2.18. The molecule has 0 N–H and O–H groups in total. The molecule has 0 aliphatic carbocycles. The zero-order chi connectivity index (χ0) is 20.9. The number of carbonyl (C=O) groups is 1. The Morgan fingerprint density at radius 2 is 1.72 bits per heavy atom. The Labute approximate surface area is 174 Å². The first-order chi connectivity index (χ1) is 14.0. The monoisotopic (exact) mass is 404 g/mol. The highest BCUT2D eigenvalue weighted by molar-refractivity contribution is 7.87. The summed E-state index contributed by atoms with van der Waals surface area (Å²) in [4.78, 5) is 12.5. The third kappa shape index (κ3) is 4.09. The number of esters is 1. The van der Waals surface area contributed by atoms with E-state index in [9.17, 15) is 4.79 Å². The lowest BCUT2D eigenvalue weighted by Gasteiger charge is -2.41. The summed E-state index contributed by atoms with van der Waals surface area (Å²) in [6, 6.07) is 27.7. The van der Waals surface area contributed by atoms with Crippen LogP contribution >= 0.6 is 6.89 Å². The van der Waals surface area contributed by atoms with Gasteiger partial charge in [0, 0.05) is 6.08 Å². The molecule has 2 atom stereocenters. The first kappa shape index (κ1) is 21.1. The molecule has 3 aromatic rings. The molecule has 0 bridgehead atoms. The van der Waals surface area contributed by atoms with Crippen molar-refractivity contribution in [3.05, 3.63) is 101 Å². The van der Waals surface area contributed by atoms with Gasteiger partial charge >= 0.3 is 5.97 Å². The molecule has 0 radical (unpaired) electrons. The van der Waals surface area contributed by atoms with Crippen molar-refractivity contribution in [1.29, 1.82) is 0 Å². The number of hydrogen-bond donors (Lipinski definition) is 0. The quantitative estimate of drug-likeness (QED) is 0.202. The molecule has 0 aliphatic heterocycles. The van der Waals surface area contributed by atoms with Gasteiger partial charge in [0.25, 0.3) is 0 Å². The fourth-order valence-electron chi connectivity index (χ4n) is 4.31. The molecule has 3 heteroatoms. The predicted molar refractivity (Wildman–Crippen MR) is 126 cm³/mol. The van der Waals surface area contributed by atoms with Crippen LogP contribution in [0.2, 0.25) is 0 Å². The van der Waals surface area contributed by atoms with E-state index in [0.29, 0.717) is 6.61 Å². The summed E-state index contributed by atoms with van der Waals surface area (Å²) in [5, 5.41) is 3.71. The second-order valence-corrected chi connectivity index (χ2v) is 11.4. The maximum absolute atomic E-state index is 12.5. The highest BCUT2D eigenvalue weighted by Crippen LogP contribution is 2.67. The zero-order valence-corrected chi connectivity index (χ0v) is 18.5. The predicted octanol–water partition coefficient (Wildman–Crippen LogP) is 6.24. The molecule has 0 fully saturated rings. The molecule has 0 amide bonds. The van der Waals surface area contributed by atoms with Crippen molar-refractivity contribution in [1.82, 2.24) is 0 Å². The minimum Gasteiger partial charge on any atom is -0.463 e. The van der Waals surface area contributed by atoms with E-state index in [-0.39, 0.29) is 11.6 Å². The third-order valence-corrected chi connectivity index (χ3v) is 10.8. The van der Waals surface area contributed by atoms with E-state index in [4.69, 9.17) is 4.74 Å². The molecular weight excluding hydrogens is 375 g/mol. The van der Waals surface area contributed by atoms with Gasteiger partial charge in [-0.3, -0.25) is 0 Å². The van der Waals surface area contributed by atoms with E-state index < -0.39 is 6.89 Å². The van der Waals surface area contributed by atoms with Gasteiger partial charge in [0.2, 0.25) is 0 Å². The van der Waals surface area contributed by atoms with Gasteiger partial charge < -0.3 is 4.74 Å². The maximum Gasteiger partial charge on any atom is 0.331 e. The molecule has 0 aliphatic rings. The normalized spacial score (nSPS) is 14.8. The molecule has 3 rings (SSSR count). The van der Waals surface area contributed by atoms with Gasteiger partial charge in [0.1, 0.15) is 0 Å². The fourth-order valence-corrected chi connectivity index (χ4v) is 9.40. The minimum absolute atomic E-state index is 0.237. The van der Waals surface area contributed by atoms with Crippen LogP contribution in [0.25, 0.3) is 0 Å². The molecule has 0 unspecified atom stereocenters. The van der Waals surface area contributed by atoms with Gasteiger partial charge in [0.05, 0.1) is 6.61 Å². The summed E-state index contributed by atoms with van der Waals surface area (Å²) >= 11 is 0. The van der Waals surface area contributed by atoms with Crippen LogP contribution in [0, 0.1) is 0 Å². The number of rotatable bonds is 7. The van der Waals surface area contributed by atoms with E-state index >= 15 is 0 Å². The van der Waals surface area contributed by atoms with E-state index in [0.717, 1.165) is 5.31 Å². The molecule has 29 heavy (non-hydrogen) atoms. The minimum atomic E-state index is -2.10. The Morgan fingerprint density at radius 3 is 2.31 bits per heavy atom. The van der Waals surface area contributed by atoms with Gasteiger partial charge in [-0.15, -0.1) is 11.4 Å². The molecule has 3 aromatic carbocycles. The lowest BCUT2D eigenvalue weighted by molar-refractivity contribution is -0.137. The summed E-state index contributed by atoms with van der Waals surface area (Å²) in [7, 11) is 0. The van der Waals surface area contributed by atoms with Gasteiger partial charge in [-0.2, -0.15) is 41.5 Å². The molecular formula is C26H29O2P-2. The molecule has 0 heterocycles. The van der Waals surface area contributed by atoms with E-state index in [2.05, 4.69) is 93.6 Å². The van der Waals surface area contributed by atoms with Crippen LogP contribution in [0.15, 0.2) is 90.3 Å². The Hall–Kier alpha value is -2.57. The van der Waals surface area contributed by atoms with Gasteiger partial charge in [-0.1, -0.05) is 51.1 Å². The van der Waals surface area contributed by atoms with Crippen molar-refractivity contribution in [2.24, 2.45) is 0 Å². The van der Waals surface area contributed by atoms with Gasteiger partial charge in [0.15, 0.2) is 0 Å². The summed E-state index contributed by atoms with van der Waals surface area (Å²) in [6.07, 6.45) is 1.72. The van der Waals surface area contributed by atoms with Crippen molar-refractivity contribution in [2.45, 2.75) is 33.4 Å². The van der Waals surface area contributed by atoms with E-state index in [1.54, 1.807) is 6.08 Å². The first-order valence-electron chi connectivity index (χ1n) is 10.1. The van der Waals surface area contributed by atoms with E-state index in [1.807, 2.05) is 13.0 Å². The Kier molecular flexibility index (Phi) is 6.77. The Balaban J connectivity index is 2.40. The lowest BCUT2D eigenvalue weighted by atomic mass is 10.2. The van der Waals surface area contributed by atoms with E-state index in [1.165, 1.54) is 21.7 Å². The largest absolute Gasteiger partial charge is 0.463 e. The molecule has 0 saturated heterocycles. The molecule has 152 valence electrons. The van der Waals surface area contributed by atoms with Crippen molar-refractivity contribution in [3.8, 4) is 0 Å². The molecule has 0 spiro atoms. The van der Waals surface area contributed by atoms with Crippen LogP contribution in [-0.2, 0) is 9.53 Å². The summed E-state index contributed by atoms with van der Waals surface area (Å²) in [5.41, 5.74) is 2.77.